The molecular weight excluding hydrogens is 394 g/mol. The highest BCUT2D eigenvalue weighted by molar-refractivity contribution is 9.10. The number of halogens is 1. The Balaban J connectivity index is 1.94. The lowest BCUT2D eigenvalue weighted by Gasteiger charge is -2.36. The maximum absolute atomic E-state index is 12.7. The van der Waals surface area contributed by atoms with Gasteiger partial charge in [0.15, 0.2) is 0 Å². The number of aromatic amines is 1. The van der Waals surface area contributed by atoms with Gasteiger partial charge in [0.2, 0.25) is 0 Å². The van der Waals surface area contributed by atoms with Crippen LogP contribution in [0.4, 0.5) is 4.79 Å². The molecular formula is C20H28BrN3O2. The molecule has 0 bridgehead atoms. The van der Waals surface area contributed by atoms with E-state index < -0.39 is 5.60 Å². The minimum absolute atomic E-state index is 0.101. The Morgan fingerprint density at radius 3 is 2.65 bits per heavy atom. The lowest BCUT2D eigenvalue weighted by atomic mass is 9.83. The highest BCUT2D eigenvalue weighted by Gasteiger charge is 2.35. The summed E-state index contributed by atoms with van der Waals surface area (Å²) in [6, 6.07) is 5.90. The van der Waals surface area contributed by atoms with Crippen molar-refractivity contribution >= 4 is 33.1 Å². The Morgan fingerprint density at radius 1 is 1.31 bits per heavy atom. The molecule has 0 radical (unpaired) electrons. The fourth-order valence-corrected chi connectivity index (χ4v) is 4.12. The van der Waals surface area contributed by atoms with Crippen molar-refractivity contribution in [1.82, 2.24) is 14.9 Å². The number of carbonyl (C=O) groups is 1. The molecule has 1 heterocycles. The van der Waals surface area contributed by atoms with E-state index in [0.29, 0.717) is 5.92 Å². The van der Waals surface area contributed by atoms with Crippen LogP contribution in [0.5, 0.6) is 0 Å². The van der Waals surface area contributed by atoms with Crippen molar-refractivity contribution in [2.45, 2.75) is 64.5 Å². The van der Waals surface area contributed by atoms with Crippen molar-refractivity contribution in [2.75, 3.05) is 7.05 Å². The number of fused-ring (bicyclic) bond motifs is 1. The normalized spacial score (nSPS) is 17.3. The summed E-state index contributed by atoms with van der Waals surface area (Å²) in [5.74, 6) is 1.24. The van der Waals surface area contributed by atoms with Gasteiger partial charge in [-0.25, -0.2) is 9.78 Å². The van der Waals surface area contributed by atoms with E-state index in [1.54, 1.807) is 4.90 Å². The summed E-state index contributed by atoms with van der Waals surface area (Å²) < 4.78 is 6.63. The van der Waals surface area contributed by atoms with Crippen molar-refractivity contribution in [2.24, 2.45) is 5.92 Å². The first-order valence-corrected chi connectivity index (χ1v) is 10.1. The largest absolute Gasteiger partial charge is 0.444 e. The molecule has 6 heteroatoms. The summed E-state index contributed by atoms with van der Waals surface area (Å²) in [6.45, 7) is 5.69. The maximum atomic E-state index is 12.7. The Hall–Kier alpha value is -1.56. The molecule has 26 heavy (non-hydrogen) atoms. The van der Waals surface area contributed by atoms with Crippen molar-refractivity contribution < 1.29 is 9.53 Å². The lowest BCUT2D eigenvalue weighted by Crippen LogP contribution is -2.40. The predicted octanol–water partition coefficient (Wildman–Crippen LogP) is 5.81. The van der Waals surface area contributed by atoms with Gasteiger partial charge in [-0.3, -0.25) is 0 Å². The van der Waals surface area contributed by atoms with E-state index in [1.165, 1.54) is 19.3 Å². The Kier molecular flexibility index (Phi) is 5.61. The predicted molar refractivity (Wildman–Crippen MR) is 107 cm³/mol. The second kappa shape index (κ2) is 7.59. The van der Waals surface area contributed by atoms with E-state index >= 15 is 0 Å². The van der Waals surface area contributed by atoms with Crippen LogP contribution in [0.15, 0.2) is 22.7 Å². The van der Waals surface area contributed by atoms with Crippen LogP contribution < -0.4 is 0 Å². The SMILES string of the molecule is CN(C(=O)OC(C)(C)C)C(c1nc2ccc(Br)cc2[nH]1)C1CCCCC1. The highest BCUT2D eigenvalue weighted by Crippen LogP contribution is 2.38. The monoisotopic (exact) mass is 421 g/mol. The summed E-state index contributed by atoms with van der Waals surface area (Å²) >= 11 is 3.51. The summed E-state index contributed by atoms with van der Waals surface area (Å²) in [5, 5.41) is 0. The zero-order valence-electron chi connectivity index (χ0n) is 16.0. The molecule has 1 aromatic carbocycles. The van der Waals surface area contributed by atoms with Gasteiger partial charge in [-0.05, 0) is 57.7 Å². The number of hydrogen-bond acceptors (Lipinski definition) is 3. The average molecular weight is 422 g/mol. The molecule has 0 saturated heterocycles. The van der Waals surface area contributed by atoms with Gasteiger partial charge in [0.1, 0.15) is 11.4 Å². The third-order valence-electron chi connectivity index (χ3n) is 4.94. The number of benzene rings is 1. The topological polar surface area (TPSA) is 58.2 Å². The number of nitrogens with zero attached hydrogens (tertiary/aromatic N) is 2. The van der Waals surface area contributed by atoms with E-state index in [2.05, 4.69) is 20.9 Å². The van der Waals surface area contributed by atoms with Crippen LogP contribution in [0.2, 0.25) is 0 Å². The van der Waals surface area contributed by atoms with Crippen molar-refractivity contribution in [3.8, 4) is 0 Å². The number of ether oxygens (including phenoxy) is 1. The molecule has 142 valence electrons. The van der Waals surface area contributed by atoms with Gasteiger partial charge in [0, 0.05) is 11.5 Å². The summed E-state index contributed by atoms with van der Waals surface area (Å²) in [6.07, 6.45) is 5.60. The molecule has 1 atom stereocenters. The molecule has 1 amide bonds. The number of imidazole rings is 1. The standard InChI is InChI=1S/C20H28BrN3O2/c1-20(2,3)26-19(25)24(4)17(13-8-6-5-7-9-13)18-22-15-11-10-14(21)12-16(15)23-18/h10-13,17H,5-9H2,1-4H3,(H,22,23). The molecule has 1 N–H and O–H groups in total. The van der Waals surface area contributed by atoms with Crippen molar-refractivity contribution in [3.05, 3.63) is 28.5 Å². The second-order valence-corrected chi connectivity index (χ2v) is 9.13. The van der Waals surface area contributed by atoms with Crippen molar-refractivity contribution in [1.29, 1.82) is 0 Å². The quantitative estimate of drug-likeness (QED) is 0.679. The molecule has 0 aliphatic heterocycles. The Labute approximate surface area is 163 Å². The number of rotatable bonds is 3. The number of amides is 1. The molecule has 1 unspecified atom stereocenters. The molecule has 3 rings (SSSR count). The molecule has 1 saturated carbocycles. The summed E-state index contributed by atoms with van der Waals surface area (Å²) in [5.41, 5.74) is 1.38. The molecule has 0 spiro atoms. The Bertz CT molecular complexity index is 775. The number of aromatic nitrogens is 2. The van der Waals surface area contributed by atoms with Gasteiger partial charge in [-0.15, -0.1) is 0 Å². The minimum atomic E-state index is -0.513. The smallest absolute Gasteiger partial charge is 0.410 e. The van der Waals surface area contributed by atoms with Crippen LogP contribution in [-0.2, 0) is 4.74 Å². The first-order chi connectivity index (χ1) is 12.2. The molecule has 1 aliphatic rings. The zero-order valence-corrected chi connectivity index (χ0v) is 17.6. The van der Waals surface area contributed by atoms with Gasteiger partial charge in [0.05, 0.1) is 17.1 Å². The van der Waals surface area contributed by atoms with Gasteiger partial charge >= 0.3 is 6.09 Å². The summed E-state index contributed by atoms with van der Waals surface area (Å²) in [4.78, 5) is 22.7. The van der Waals surface area contributed by atoms with E-state index in [4.69, 9.17) is 9.72 Å². The average Bonchev–Trinajstić information content (AvgIpc) is 2.96. The van der Waals surface area contributed by atoms with Crippen LogP contribution in [0.1, 0.15) is 64.7 Å². The number of nitrogens with one attached hydrogen (secondary N) is 1. The second-order valence-electron chi connectivity index (χ2n) is 8.22. The molecule has 1 fully saturated rings. The van der Waals surface area contributed by atoms with Crippen LogP contribution in [0.25, 0.3) is 11.0 Å². The third-order valence-corrected chi connectivity index (χ3v) is 5.43. The minimum Gasteiger partial charge on any atom is -0.444 e. The lowest BCUT2D eigenvalue weighted by molar-refractivity contribution is 0.0125. The molecule has 1 aromatic heterocycles. The van der Waals surface area contributed by atoms with Crippen LogP contribution >= 0.6 is 15.9 Å². The van der Waals surface area contributed by atoms with E-state index in [-0.39, 0.29) is 12.1 Å². The fraction of sp³-hybridized carbons (Fsp3) is 0.600. The molecule has 5 nitrogen and oxygen atoms in total. The van der Waals surface area contributed by atoms with Crippen LogP contribution in [0.3, 0.4) is 0 Å². The first kappa shape index (κ1) is 19.2. The molecule has 1 aliphatic carbocycles. The zero-order chi connectivity index (χ0) is 18.9. The fourth-order valence-electron chi connectivity index (χ4n) is 3.76. The van der Waals surface area contributed by atoms with Gasteiger partial charge < -0.3 is 14.6 Å². The van der Waals surface area contributed by atoms with Crippen LogP contribution in [0, 0.1) is 5.92 Å². The maximum Gasteiger partial charge on any atom is 0.410 e. The van der Waals surface area contributed by atoms with Crippen molar-refractivity contribution in [3.63, 3.8) is 0 Å². The number of carbonyl (C=O) groups excluding carboxylic acids is 1. The van der Waals surface area contributed by atoms with Gasteiger partial charge in [0.25, 0.3) is 0 Å². The van der Waals surface area contributed by atoms with Crippen LogP contribution in [-0.4, -0.2) is 33.6 Å². The number of hydrogen-bond donors (Lipinski definition) is 1. The van der Waals surface area contributed by atoms with E-state index in [1.807, 2.05) is 46.0 Å². The Morgan fingerprint density at radius 2 is 2.00 bits per heavy atom. The van der Waals surface area contributed by atoms with Gasteiger partial charge in [-0.1, -0.05) is 35.2 Å². The van der Waals surface area contributed by atoms with E-state index in [9.17, 15) is 4.79 Å². The van der Waals surface area contributed by atoms with E-state index in [0.717, 1.165) is 34.2 Å². The molecule has 2 aromatic rings. The third kappa shape index (κ3) is 4.40. The first-order valence-electron chi connectivity index (χ1n) is 9.35. The highest BCUT2D eigenvalue weighted by atomic mass is 79.9. The van der Waals surface area contributed by atoms with Gasteiger partial charge in [-0.2, -0.15) is 0 Å². The summed E-state index contributed by atoms with van der Waals surface area (Å²) in [7, 11) is 1.83. The number of H-pyrrole nitrogens is 1.